The number of rotatable bonds is 3. The summed E-state index contributed by atoms with van der Waals surface area (Å²) >= 11 is 3.47. The minimum absolute atomic E-state index is 0.447. The molecule has 1 atom stereocenters. The Labute approximate surface area is 126 Å². The monoisotopic (exact) mass is 357 g/mol. The van der Waals surface area contributed by atoms with E-state index >= 15 is 0 Å². The van der Waals surface area contributed by atoms with Crippen molar-refractivity contribution in [3.63, 3.8) is 0 Å². The molecule has 0 saturated carbocycles. The molecule has 0 fully saturated rings. The highest BCUT2D eigenvalue weighted by Crippen LogP contribution is 2.38. The summed E-state index contributed by atoms with van der Waals surface area (Å²) in [4.78, 5) is 0. The molecule has 1 unspecified atom stereocenters. The van der Waals surface area contributed by atoms with Crippen molar-refractivity contribution >= 4 is 31.6 Å². The third-order valence-electron chi connectivity index (χ3n) is 3.29. The fraction of sp³-hybridized carbons (Fsp3) is 0.308. The zero-order chi connectivity index (χ0) is 15.1. The van der Waals surface area contributed by atoms with Gasteiger partial charge in [0.1, 0.15) is 11.1 Å². The number of halogens is 1. The zero-order valence-electron chi connectivity index (χ0n) is 11.5. The molecule has 1 heterocycles. The predicted molar refractivity (Wildman–Crippen MR) is 84.0 cm³/mol. The largest absolute Gasteiger partial charge is 0.383 e. The van der Waals surface area contributed by atoms with Gasteiger partial charge in [-0.05, 0) is 13.0 Å². The van der Waals surface area contributed by atoms with E-state index in [0.717, 1.165) is 10.0 Å². The Morgan fingerprint density at radius 1 is 1.35 bits per heavy atom. The van der Waals surface area contributed by atoms with Gasteiger partial charge in [-0.2, -0.15) is 5.10 Å². The number of nitrogen functional groups attached to an aromatic ring is 1. The molecule has 0 saturated heterocycles. The normalized spacial score (nSPS) is 13.4. The Morgan fingerprint density at radius 2 is 1.95 bits per heavy atom. The maximum Gasteiger partial charge on any atom is 0.155 e. The fourth-order valence-electron chi connectivity index (χ4n) is 1.99. The smallest absolute Gasteiger partial charge is 0.155 e. The maximum absolute atomic E-state index is 11.8. The van der Waals surface area contributed by atoms with E-state index in [2.05, 4.69) is 21.0 Å². The second-order valence-corrected chi connectivity index (χ2v) is 7.94. The van der Waals surface area contributed by atoms with Gasteiger partial charge in [-0.25, -0.2) is 8.42 Å². The highest BCUT2D eigenvalue weighted by Gasteiger charge is 2.27. The maximum atomic E-state index is 11.8. The van der Waals surface area contributed by atoms with Crippen LogP contribution in [0.3, 0.4) is 0 Å². The van der Waals surface area contributed by atoms with E-state index in [1.54, 1.807) is 14.0 Å². The first-order valence-corrected chi connectivity index (χ1v) is 8.74. The van der Waals surface area contributed by atoms with Gasteiger partial charge in [0.25, 0.3) is 0 Å². The second kappa shape index (κ2) is 5.21. The molecule has 0 radical (unpaired) electrons. The number of anilines is 1. The minimum atomic E-state index is -3.25. The summed E-state index contributed by atoms with van der Waals surface area (Å²) in [7, 11) is -1.55. The van der Waals surface area contributed by atoms with E-state index < -0.39 is 15.1 Å². The topological polar surface area (TPSA) is 78.0 Å². The summed E-state index contributed by atoms with van der Waals surface area (Å²) in [5.74, 6) is 0.447. The minimum Gasteiger partial charge on any atom is -0.383 e. The SMILES string of the molecule is CC(c1nn(C)c(N)c1-c1ccccc1Br)S(C)(=O)=O. The van der Waals surface area contributed by atoms with E-state index in [0.29, 0.717) is 17.1 Å². The molecule has 2 N–H and O–H groups in total. The van der Waals surface area contributed by atoms with Crippen LogP contribution in [0.25, 0.3) is 11.1 Å². The number of aromatic nitrogens is 2. The molecule has 1 aromatic heterocycles. The van der Waals surface area contributed by atoms with Crippen molar-refractivity contribution in [1.82, 2.24) is 9.78 Å². The molecule has 5 nitrogen and oxygen atoms in total. The van der Waals surface area contributed by atoms with Gasteiger partial charge < -0.3 is 5.73 Å². The molecule has 2 rings (SSSR count). The quantitative estimate of drug-likeness (QED) is 0.915. The lowest BCUT2D eigenvalue weighted by Gasteiger charge is -2.11. The van der Waals surface area contributed by atoms with Gasteiger partial charge in [-0.3, -0.25) is 4.68 Å². The lowest BCUT2D eigenvalue weighted by Crippen LogP contribution is -2.09. The van der Waals surface area contributed by atoms with Crippen molar-refractivity contribution in [2.24, 2.45) is 7.05 Å². The van der Waals surface area contributed by atoms with Crippen LogP contribution in [-0.2, 0) is 16.9 Å². The number of hydrogen-bond donors (Lipinski definition) is 1. The number of sulfone groups is 1. The molecule has 2 aromatic rings. The van der Waals surface area contributed by atoms with Gasteiger partial charge in [-0.15, -0.1) is 0 Å². The van der Waals surface area contributed by atoms with Crippen LogP contribution in [0, 0.1) is 0 Å². The fourth-order valence-corrected chi connectivity index (χ4v) is 3.04. The Morgan fingerprint density at radius 3 is 2.50 bits per heavy atom. The number of aryl methyl sites for hydroxylation is 1. The lowest BCUT2D eigenvalue weighted by molar-refractivity contribution is 0.589. The zero-order valence-corrected chi connectivity index (χ0v) is 13.9. The first-order chi connectivity index (χ1) is 9.23. The third-order valence-corrected chi connectivity index (χ3v) is 5.49. The second-order valence-electron chi connectivity index (χ2n) is 4.72. The van der Waals surface area contributed by atoms with Gasteiger partial charge in [-0.1, -0.05) is 34.1 Å². The first-order valence-electron chi connectivity index (χ1n) is 5.99. The summed E-state index contributed by atoms with van der Waals surface area (Å²) in [6, 6.07) is 7.54. The summed E-state index contributed by atoms with van der Waals surface area (Å²) < 4.78 is 26.0. The van der Waals surface area contributed by atoms with Crippen LogP contribution in [0.15, 0.2) is 28.7 Å². The summed E-state index contributed by atoms with van der Waals surface area (Å²) in [5, 5.41) is 3.57. The van der Waals surface area contributed by atoms with Crippen LogP contribution < -0.4 is 5.73 Å². The van der Waals surface area contributed by atoms with Gasteiger partial charge in [0.05, 0.1) is 5.69 Å². The molecule has 7 heteroatoms. The van der Waals surface area contributed by atoms with Crippen molar-refractivity contribution in [1.29, 1.82) is 0 Å². The van der Waals surface area contributed by atoms with Gasteiger partial charge >= 0.3 is 0 Å². The van der Waals surface area contributed by atoms with E-state index in [1.165, 1.54) is 10.9 Å². The van der Waals surface area contributed by atoms with Crippen molar-refractivity contribution in [2.75, 3.05) is 12.0 Å². The summed E-state index contributed by atoms with van der Waals surface area (Å²) in [6.45, 7) is 1.62. The van der Waals surface area contributed by atoms with Crippen LogP contribution in [0.2, 0.25) is 0 Å². The molecule has 0 aliphatic heterocycles. The van der Waals surface area contributed by atoms with Crippen molar-refractivity contribution in [2.45, 2.75) is 12.2 Å². The molecular weight excluding hydrogens is 342 g/mol. The number of benzene rings is 1. The Bertz CT molecular complexity index is 753. The van der Waals surface area contributed by atoms with Gasteiger partial charge in [0.2, 0.25) is 0 Å². The number of nitrogens with zero attached hydrogens (tertiary/aromatic N) is 2. The summed E-state index contributed by atoms with van der Waals surface area (Å²) in [6.07, 6.45) is 1.20. The molecule has 0 spiro atoms. The first kappa shape index (κ1) is 15.1. The Balaban J connectivity index is 2.74. The van der Waals surface area contributed by atoms with Crippen LogP contribution in [0.4, 0.5) is 5.82 Å². The molecule has 0 aliphatic rings. The van der Waals surface area contributed by atoms with Crippen LogP contribution in [-0.4, -0.2) is 24.5 Å². The van der Waals surface area contributed by atoms with Crippen LogP contribution in [0.1, 0.15) is 17.9 Å². The molecule has 1 aromatic carbocycles. The average Bonchev–Trinajstić information content (AvgIpc) is 2.65. The van der Waals surface area contributed by atoms with Crippen molar-refractivity contribution in [3.05, 3.63) is 34.4 Å². The van der Waals surface area contributed by atoms with Gasteiger partial charge in [0.15, 0.2) is 9.84 Å². The summed E-state index contributed by atoms with van der Waals surface area (Å²) in [5.41, 5.74) is 8.04. The Hall–Kier alpha value is -1.34. The molecule has 0 amide bonds. The molecule has 0 bridgehead atoms. The molecule has 108 valence electrons. The molecular formula is C13H16BrN3O2S. The highest BCUT2D eigenvalue weighted by atomic mass is 79.9. The Kier molecular flexibility index (Phi) is 3.93. The number of nitrogens with two attached hydrogens (primary N) is 1. The van der Waals surface area contributed by atoms with E-state index in [9.17, 15) is 8.42 Å². The standard InChI is InChI=1S/C13H16BrN3O2S/c1-8(20(3,18)19)12-11(13(15)17(2)16-12)9-6-4-5-7-10(9)14/h4-8H,15H2,1-3H3. The van der Waals surface area contributed by atoms with Crippen LogP contribution >= 0.6 is 15.9 Å². The molecule has 20 heavy (non-hydrogen) atoms. The van der Waals surface area contributed by atoms with E-state index in [1.807, 2.05) is 24.3 Å². The van der Waals surface area contributed by atoms with E-state index in [4.69, 9.17) is 5.73 Å². The van der Waals surface area contributed by atoms with E-state index in [-0.39, 0.29) is 0 Å². The van der Waals surface area contributed by atoms with Gasteiger partial charge in [0, 0.05) is 28.9 Å². The number of hydrogen-bond acceptors (Lipinski definition) is 4. The van der Waals surface area contributed by atoms with Crippen molar-refractivity contribution < 1.29 is 8.42 Å². The van der Waals surface area contributed by atoms with Crippen molar-refractivity contribution in [3.8, 4) is 11.1 Å². The highest BCUT2D eigenvalue weighted by molar-refractivity contribution is 9.10. The lowest BCUT2D eigenvalue weighted by atomic mass is 10.0. The predicted octanol–water partition coefficient (Wildman–Crippen LogP) is 2.54. The third kappa shape index (κ3) is 2.60. The average molecular weight is 358 g/mol. The molecule has 0 aliphatic carbocycles. The van der Waals surface area contributed by atoms with Crippen LogP contribution in [0.5, 0.6) is 0 Å².